The number of aliphatic carboxylic acids is 1. The van der Waals surface area contributed by atoms with E-state index in [1.54, 1.807) is 12.1 Å². The van der Waals surface area contributed by atoms with E-state index in [9.17, 15) is 14.7 Å². The molecule has 200 valence electrons. The largest absolute Gasteiger partial charge is 0.494 e. The molecule has 1 aromatic heterocycles. The number of likely N-dealkylation sites (N-methyl/N-ethyl adjacent to an activating group) is 1. The molecule has 4 aromatic rings. The van der Waals surface area contributed by atoms with Gasteiger partial charge in [0.05, 0.1) is 22.5 Å². The third kappa shape index (κ3) is 6.05. The van der Waals surface area contributed by atoms with Crippen LogP contribution < -0.4 is 0 Å². The molecule has 0 bridgehead atoms. The van der Waals surface area contributed by atoms with Crippen LogP contribution in [0.5, 0.6) is 5.88 Å². The van der Waals surface area contributed by atoms with Gasteiger partial charge in [0.25, 0.3) is 5.91 Å². The maximum atomic E-state index is 13.0. The number of H-pyrrole nitrogens is 1. The van der Waals surface area contributed by atoms with E-state index < -0.39 is 5.97 Å². The number of fused-ring (bicyclic) bond motifs is 1. The first-order chi connectivity index (χ1) is 18.8. The molecule has 0 spiro atoms. The first kappa shape index (κ1) is 26.6. The zero-order valence-electron chi connectivity index (χ0n) is 21.5. The molecule has 3 aromatic carbocycles. The Hall–Kier alpha value is -3.95. The minimum Gasteiger partial charge on any atom is -0.494 e. The Balaban J connectivity index is 1.51. The number of aromatic hydroxyl groups is 1. The van der Waals surface area contributed by atoms with Crippen LogP contribution in [0.25, 0.3) is 10.9 Å². The molecule has 5 rings (SSSR count). The number of benzene rings is 3. The van der Waals surface area contributed by atoms with Gasteiger partial charge in [0, 0.05) is 53.6 Å². The highest BCUT2D eigenvalue weighted by molar-refractivity contribution is 9.10. The summed E-state index contributed by atoms with van der Waals surface area (Å²) >= 11 is 3.48. The lowest BCUT2D eigenvalue weighted by atomic mass is 9.98. The molecular weight excluding hydrogens is 560 g/mol. The monoisotopic (exact) mass is 588 g/mol. The zero-order valence-corrected chi connectivity index (χ0v) is 23.1. The summed E-state index contributed by atoms with van der Waals surface area (Å²) in [5.74, 6) is -0.833. The second-order valence-corrected chi connectivity index (χ2v) is 10.6. The molecule has 0 radical (unpaired) electrons. The molecule has 1 fully saturated rings. The number of amides is 1. The van der Waals surface area contributed by atoms with Crippen LogP contribution in [0.4, 0.5) is 5.69 Å². The van der Waals surface area contributed by atoms with Crippen molar-refractivity contribution in [2.75, 3.05) is 33.2 Å². The second-order valence-electron chi connectivity index (χ2n) is 9.73. The van der Waals surface area contributed by atoms with Crippen molar-refractivity contribution in [3.63, 3.8) is 0 Å². The van der Waals surface area contributed by atoms with Gasteiger partial charge < -0.3 is 25.0 Å². The van der Waals surface area contributed by atoms with Crippen LogP contribution in [0.3, 0.4) is 0 Å². The van der Waals surface area contributed by atoms with Gasteiger partial charge in [0.15, 0.2) is 5.88 Å². The van der Waals surface area contributed by atoms with Crippen LogP contribution in [0.1, 0.15) is 33.5 Å². The molecule has 3 N–H and O–H groups in total. The molecule has 0 aliphatic carbocycles. The number of carboxylic acids is 1. The van der Waals surface area contributed by atoms with Gasteiger partial charge >= 0.3 is 5.97 Å². The molecule has 1 aliphatic rings. The second kappa shape index (κ2) is 11.4. The van der Waals surface area contributed by atoms with E-state index in [0.717, 1.165) is 39.6 Å². The van der Waals surface area contributed by atoms with Crippen molar-refractivity contribution >= 4 is 50.1 Å². The maximum absolute atomic E-state index is 13.0. The topological polar surface area (TPSA) is 109 Å². The molecule has 1 amide bonds. The quantitative estimate of drug-likeness (QED) is 0.257. The Morgan fingerprint density at radius 2 is 1.62 bits per heavy atom. The number of rotatable bonds is 7. The average molecular weight is 589 g/mol. The number of hydrogen-bond donors (Lipinski definition) is 3. The van der Waals surface area contributed by atoms with Gasteiger partial charge in [-0.25, -0.2) is 4.99 Å². The molecule has 9 heteroatoms. The van der Waals surface area contributed by atoms with Crippen molar-refractivity contribution in [3.8, 4) is 5.88 Å². The number of carbonyl (C=O) groups is 2. The summed E-state index contributed by atoms with van der Waals surface area (Å²) in [6, 6.07) is 20.5. The van der Waals surface area contributed by atoms with Crippen molar-refractivity contribution in [2.45, 2.75) is 12.8 Å². The predicted octanol–water partition coefficient (Wildman–Crippen LogP) is 5.21. The summed E-state index contributed by atoms with van der Waals surface area (Å²) in [5.41, 5.74) is 4.81. The van der Waals surface area contributed by atoms with E-state index in [4.69, 9.17) is 10.1 Å². The third-order valence-electron chi connectivity index (χ3n) is 6.98. The van der Waals surface area contributed by atoms with Crippen LogP contribution in [0.15, 0.2) is 76.2 Å². The van der Waals surface area contributed by atoms with Crippen molar-refractivity contribution in [1.82, 2.24) is 14.8 Å². The summed E-state index contributed by atoms with van der Waals surface area (Å²) in [7, 11) is 2.06. The fourth-order valence-electron chi connectivity index (χ4n) is 4.74. The normalized spacial score (nSPS) is 14.6. The Kier molecular flexibility index (Phi) is 7.81. The van der Waals surface area contributed by atoms with Gasteiger partial charge in [0.2, 0.25) is 0 Å². The van der Waals surface area contributed by atoms with Crippen LogP contribution in [-0.2, 0) is 11.2 Å². The minimum absolute atomic E-state index is 0.00123. The van der Waals surface area contributed by atoms with E-state index in [1.807, 2.05) is 59.5 Å². The highest BCUT2D eigenvalue weighted by Crippen LogP contribution is 2.33. The molecule has 0 saturated carbocycles. The average Bonchev–Trinajstić information content (AvgIpc) is 3.25. The smallest absolute Gasteiger partial charge is 0.303 e. The molecule has 0 unspecified atom stereocenters. The summed E-state index contributed by atoms with van der Waals surface area (Å²) in [6.07, 6.45) is 0.481. The van der Waals surface area contributed by atoms with E-state index in [-0.39, 0.29) is 18.2 Å². The molecule has 39 heavy (non-hydrogen) atoms. The number of carbonyl (C=O) groups excluding carboxylic acids is 1. The Bertz CT molecular complexity index is 1540. The lowest BCUT2D eigenvalue weighted by Crippen LogP contribution is -2.47. The van der Waals surface area contributed by atoms with Crippen molar-refractivity contribution in [1.29, 1.82) is 0 Å². The van der Waals surface area contributed by atoms with Gasteiger partial charge in [-0.2, -0.15) is 0 Å². The van der Waals surface area contributed by atoms with E-state index in [1.165, 1.54) is 0 Å². The molecule has 8 nitrogen and oxygen atoms in total. The summed E-state index contributed by atoms with van der Waals surface area (Å²) in [4.78, 5) is 36.0. The highest BCUT2D eigenvalue weighted by atomic mass is 79.9. The van der Waals surface area contributed by atoms with Crippen molar-refractivity contribution in [3.05, 3.63) is 93.5 Å². The molecule has 0 atom stereocenters. The number of aryl methyl sites for hydroxylation is 1. The summed E-state index contributed by atoms with van der Waals surface area (Å²) in [6.45, 7) is 3.13. The lowest BCUT2D eigenvalue weighted by molar-refractivity contribution is -0.136. The van der Waals surface area contributed by atoms with E-state index in [0.29, 0.717) is 42.0 Å². The predicted molar refractivity (Wildman–Crippen MR) is 155 cm³/mol. The van der Waals surface area contributed by atoms with Crippen molar-refractivity contribution < 1.29 is 19.8 Å². The number of nitrogens with zero attached hydrogens (tertiary/aromatic N) is 3. The minimum atomic E-state index is -0.842. The number of aliphatic imine (C=N–C) groups is 1. The van der Waals surface area contributed by atoms with Crippen LogP contribution >= 0.6 is 15.9 Å². The van der Waals surface area contributed by atoms with E-state index in [2.05, 4.69) is 32.9 Å². The standard InChI is InChI=1S/C30H29BrN4O4/c1-34-14-16-35(17-15-34)30(39)21-7-10-23(11-8-21)32-28(20-5-2-19(3-6-20)4-13-26(36)37)27-24-12-9-22(31)18-25(24)33-29(27)38/h2-3,5-12,18,33,38H,4,13-17H2,1H3,(H,36,37). The zero-order chi connectivity index (χ0) is 27.5. The third-order valence-corrected chi connectivity index (χ3v) is 7.47. The summed E-state index contributed by atoms with van der Waals surface area (Å²) < 4.78 is 0.879. The maximum Gasteiger partial charge on any atom is 0.303 e. The molecule has 2 heterocycles. The van der Waals surface area contributed by atoms with Gasteiger partial charge in [-0.05, 0) is 55.4 Å². The van der Waals surface area contributed by atoms with Crippen molar-refractivity contribution in [2.24, 2.45) is 4.99 Å². The first-order valence-electron chi connectivity index (χ1n) is 12.8. The summed E-state index contributed by atoms with van der Waals surface area (Å²) in [5, 5.41) is 20.8. The van der Waals surface area contributed by atoms with Crippen LogP contribution in [0.2, 0.25) is 0 Å². The first-order valence-corrected chi connectivity index (χ1v) is 13.6. The number of nitrogens with one attached hydrogen (secondary N) is 1. The fraction of sp³-hybridized carbons (Fsp3) is 0.233. The van der Waals surface area contributed by atoms with Gasteiger partial charge in [0.1, 0.15) is 0 Å². The Morgan fingerprint density at radius 3 is 2.28 bits per heavy atom. The number of carboxylic acid groups (broad SMARTS) is 1. The molecule has 1 aliphatic heterocycles. The van der Waals surface area contributed by atoms with Gasteiger partial charge in [-0.3, -0.25) is 9.59 Å². The van der Waals surface area contributed by atoms with Gasteiger partial charge in [-0.15, -0.1) is 0 Å². The number of piperazine rings is 1. The van der Waals surface area contributed by atoms with Gasteiger partial charge in [-0.1, -0.05) is 46.3 Å². The molecular formula is C30H29BrN4O4. The number of halogens is 1. The van der Waals surface area contributed by atoms with Crippen LogP contribution in [-0.4, -0.2) is 75.8 Å². The lowest BCUT2D eigenvalue weighted by Gasteiger charge is -2.32. The number of aromatic amines is 1. The molecule has 1 saturated heterocycles. The number of hydrogen-bond acceptors (Lipinski definition) is 5. The highest BCUT2D eigenvalue weighted by Gasteiger charge is 2.21. The number of aromatic nitrogens is 1. The Labute approximate surface area is 234 Å². The fourth-order valence-corrected chi connectivity index (χ4v) is 5.10. The van der Waals surface area contributed by atoms with E-state index >= 15 is 0 Å². The van der Waals surface area contributed by atoms with Crippen LogP contribution in [0, 0.1) is 0 Å². The SMILES string of the molecule is CN1CCN(C(=O)c2ccc(N=C(c3ccc(CCC(=O)O)cc3)c3c(O)[nH]c4cc(Br)ccc34)cc2)CC1. The Morgan fingerprint density at radius 1 is 0.949 bits per heavy atom.